The molecule has 1 fully saturated rings. The fraction of sp³-hybridized carbons (Fsp3) is 0.316. The first-order chi connectivity index (χ1) is 13.1. The lowest BCUT2D eigenvalue weighted by atomic mass is 10.0. The van der Waals surface area contributed by atoms with Gasteiger partial charge in [0.2, 0.25) is 5.88 Å². The topological polar surface area (TPSA) is 111 Å². The Labute approximate surface area is 155 Å². The molecule has 0 amide bonds. The first-order valence-electron chi connectivity index (χ1n) is 8.80. The molecule has 0 radical (unpaired) electrons. The molecule has 1 aromatic carbocycles. The Kier molecular flexibility index (Phi) is 4.41. The number of para-hydroxylation sites is 1. The fourth-order valence-corrected chi connectivity index (χ4v) is 3.63. The van der Waals surface area contributed by atoms with Crippen molar-refractivity contribution in [2.75, 3.05) is 31.2 Å². The number of benzene rings is 1. The van der Waals surface area contributed by atoms with E-state index in [1.807, 2.05) is 29.2 Å². The third-order valence-electron chi connectivity index (χ3n) is 5.01. The lowest BCUT2D eigenvalue weighted by molar-refractivity contribution is -0.141. The molecule has 0 aliphatic carbocycles. The van der Waals surface area contributed by atoms with Crippen LogP contribution in [0.4, 0.5) is 5.69 Å². The molecule has 2 aromatic heterocycles. The maximum absolute atomic E-state index is 12.0. The van der Waals surface area contributed by atoms with E-state index in [1.54, 1.807) is 6.20 Å². The number of fused-ring (bicyclic) bond motifs is 1. The van der Waals surface area contributed by atoms with Crippen LogP contribution in [0.1, 0.15) is 11.6 Å². The summed E-state index contributed by atoms with van der Waals surface area (Å²) in [5.41, 5.74) is 2.13. The molecular weight excluding hydrogens is 350 g/mol. The zero-order chi connectivity index (χ0) is 19.0. The normalized spacial score (nSPS) is 15.9. The van der Waals surface area contributed by atoms with Crippen molar-refractivity contribution in [3.8, 4) is 11.8 Å². The number of rotatable bonds is 5. The number of aromatic hydroxyl groups is 2. The second kappa shape index (κ2) is 6.88. The molecule has 1 atom stereocenters. The van der Waals surface area contributed by atoms with E-state index in [-0.39, 0.29) is 18.2 Å². The van der Waals surface area contributed by atoms with Crippen molar-refractivity contribution in [2.45, 2.75) is 12.5 Å². The minimum atomic E-state index is -1.14. The number of carboxylic acid groups (broad SMARTS) is 1. The summed E-state index contributed by atoms with van der Waals surface area (Å²) in [5.74, 6) is -1.65. The Balaban J connectivity index is 1.70. The molecular formula is C19H21N3O5. The second-order valence-corrected chi connectivity index (χ2v) is 6.60. The Morgan fingerprint density at radius 3 is 2.70 bits per heavy atom. The molecule has 8 heteroatoms. The average molecular weight is 371 g/mol. The average Bonchev–Trinajstić information content (AvgIpc) is 3.21. The van der Waals surface area contributed by atoms with Crippen LogP contribution in [0.25, 0.3) is 10.9 Å². The van der Waals surface area contributed by atoms with Crippen molar-refractivity contribution in [3.05, 3.63) is 42.1 Å². The molecule has 8 nitrogen and oxygen atoms in total. The number of hydrogen-bond acceptors (Lipinski definition) is 5. The van der Waals surface area contributed by atoms with Gasteiger partial charge in [-0.25, -0.2) is 4.79 Å². The summed E-state index contributed by atoms with van der Waals surface area (Å²) in [6.45, 7) is 2.17. The minimum Gasteiger partial charge on any atom is -0.494 e. The van der Waals surface area contributed by atoms with Gasteiger partial charge in [-0.15, -0.1) is 0 Å². The molecule has 142 valence electrons. The van der Waals surface area contributed by atoms with E-state index in [2.05, 4.69) is 4.98 Å². The fourth-order valence-electron chi connectivity index (χ4n) is 3.63. The Bertz CT molecular complexity index is 971. The smallest absolute Gasteiger partial charge is 0.327 e. The lowest BCUT2D eigenvalue weighted by Crippen LogP contribution is -2.36. The zero-order valence-corrected chi connectivity index (χ0v) is 14.6. The van der Waals surface area contributed by atoms with Crippen LogP contribution in [0.3, 0.4) is 0 Å². The van der Waals surface area contributed by atoms with E-state index in [1.165, 1.54) is 6.07 Å². The van der Waals surface area contributed by atoms with Crippen LogP contribution in [0.2, 0.25) is 0 Å². The van der Waals surface area contributed by atoms with Crippen LogP contribution in [0.5, 0.6) is 11.8 Å². The number of H-pyrrole nitrogens is 1. The number of hydrogen-bond donors (Lipinski definition) is 4. The summed E-state index contributed by atoms with van der Waals surface area (Å²) in [6.07, 6.45) is 1.89. The van der Waals surface area contributed by atoms with Crippen molar-refractivity contribution < 1.29 is 24.9 Å². The van der Waals surface area contributed by atoms with Gasteiger partial charge in [-0.3, -0.25) is 4.57 Å². The Morgan fingerprint density at radius 2 is 1.96 bits per heavy atom. The van der Waals surface area contributed by atoms with Crippen molar-refractivity contribution in [2.24, 2.45) is 0 Å². The van der Waals surface area contributed by atoms with Gasteiger partial charge in [0.05, 0.1) is 13.2 Å². The maximum atomic E-state index is 12.0. The lowest BCUT2D eigenvalue weighted by Gasteiger charge is -2.28. The monoisotopic (exact) mass is 371 g/mol. The van der Waals surface area contributed by atoms with Gasteiger partial charge in [0.25, 0.3) is 0 Å². The van der Waals surface area contributed by atoms with E-state index in [0.29, 0.717) is 32.0 Å². The molecule has 0 unspecified atom stereocenters. The molecule has 0 saturated carbocycles. The summed E-state index contributed by atoms with van der Waals surface area (Å²) in [5, 5.41) is 31.7. The number of nitrogens with zero attached hydrogens (tertiary/aromatic N) is 2. The van der Waals surface area contributed by atoms with Gasteiger partial charge in [0, 0.05) is 42.7 Å². The summed E-state index contributed by atoms with van der Waals surface area (Å²) in [4.78, 5) is 17.0. The highest BCUT2D eigenvalue weighted by Gasteiger charge is 2.30. The number of morpholine rings is 1. The number of aromatic amines is 1. The second-order valence-electron chi connectivity index (χ2n) is 6.60. The molecule has 0 bridgehead atoms. The van der Waals surface area contributed by atoms with Gasteiger partial charge in [-0.05, 0) is 11.6 Å². The van der Waals surface area contributed by atoms with Gasteiger partial charge in [0.1, 0.15) is 11.7 Å². The van der Waals surface area contributed by atoms with Gasteiger partial charge < -0.3 is 29.9 Å². The van der Waals surface area contributed by atoms with Crippen LogP contribution < -0.4 is 4.90 Å². The maximum Gasteiger partial charge on any atom is 0.327 e. The van der Waals surface area contributed by atoms with Crippen molar-refractivity contribution >= 4 is 22.6 Å². The van der Waals surface area contributed by atoms with Crippen molar-refractivity contribution in [3.63, 3.8) is 0 Å². The standard InChI is InChI=1S/C19H21N3O5/c23-17-10-15(21-5-7-27-8-6-21)18(24)22(17)16(19(25)26)9-12-11-20-14-4-2-1-3-13(12)14/h1-4,10-11,16,20,23-24H,5-9H2,(H,25,26)/t16-/m0/s1. The SMILES string of the molecule is O=C(O)[C@H](Cc1c[nH]c2ccccc12)n1c(O)cc(N2CCOCC2)c1O. The van der Waals surface area contributed by atoms with Gasteiger partial charge in [0.15, 0.2) is 5.88 Å². The zero-order valence-electron chi connectivity index (χ0n) is 14.6. The highest BCUT2D eigenvalue weighted by Crippen LogP contribution is 2.39. The van der Waals surface area contributed by atoms with Crippen molar-refractivity contribution in [1.82, 2.24) is 9.55 Å². The van der Waals surface area contributed by atoms with E-state index in [9.17, 15) is 20.1 Å². The third kappa shape index (κ3) is 3.08. The Morgan fingerprint density at radius 1 is 1.22 bits per heavy atom. The molecule has 1 aliphatic heterocycles. The molecule has 4 rings (SSSR count). The Hall–Kier alpha value is -3.13. The summed E-state index contributed by atoms with van der Waals surface area (Å²) >= 11 is 0. The van der Waals surface area contributed by atoms with Crippen LogP contribution in [0.15, 0.2) is 36.5 Å². The quantitative estimate of drug-likeness (QED) is 0.547. The predicted molar refractivity (Wildman–Crippen MR) is 99.5 cm³/mol. The van der Waals surface area contributed by atoms with Crippen LogP contribution in [-0.2, 0) is 16.0 Å². The van der Waals surface area contributed by atoms with E-state index in [4.69, 9.17) is 4.74 Å². The largest absolute Gasteiger partial charge is 0.494 e. The van der Waals surface area contributed by atoms with E-state index >= 15 is 0 Å². The first-order valence-corrected chi connectivity index (χ1v) is 8.80. The highest BCUT2D eigenvalue weighted by molar-refractivity contribution is 5.84. The first kappa shape index (κ1) is 17.3. The van der Waals surface area contributed by atoms with Gasteiger partial charge in [-0.1, -0.05) is 18.2 Å². The van der Waals surface area contributed by atoms with Crippen LogP contribution in [0, 0.1) is 0 Å². The number of aliphatic carboxylic acids is 1. The molecule has 3 aromatic rings. The van der Waals surface area contributed by atoms with Gasteiger partial charge in [-0.2, -0.15) is 0 Å². The highest BCUT2D eigenvalue weighted by atomic mass is 16.5. The van der Waals surface area contributed by atoms with E-state index < -0.39 is 12.0 Å². The van der Waals surface area contributed by atoms with Crippen molar-refractivity contribution in [1.29, 1.82) is 0 Å². The number of nitrogens with one attached hydrogen (secondary N) is 1. The summed E-state index contributed by atoms with van der Waals surface area (Å²) < 4.78 is 6.38. The predicted octanol–water partition coefficient (Wildman–Crippen LogP) is 2.09. The summed E-state index contributed by atoms with van der Waals surface area (Å²) in [7, 11) is 0. The molecule has 3 heterocycles. The number of aromatic nitrogens is 2. The molecule has 4 N–H and O–H groups in total. The number of carbonyl (C=O) groups is 1. The summed E-state index contributed by atoms with van der Waals surface area (Å²) in [6, 6.07) is 7.88. The number of ether oxygens (including phenoxy) is 1. The van der Waals surface area contributed by atoms with Crippen LogP contribution >= 0.6 is 0 Å². The molecule has 1 saturated heterocycles. The molecule has 0 spiro atoms. The third-order valence-corrected chi connectivity index (χ3v) is 5.01. The number of carboxylic acids is 1. The minimum absolute atomic E-state index is 0.123. The van der Waals surface area contributed by atoms with Crippen LogP contribution in [-0.4, -0.2) is 57.1 Å². The molecule has 1 aliphatic rings. The van der Waals surface area contributed by atoms with Gasteiger partial charge >= 0.3 is 5.97 Å². The number of anilines is 1. The van der Waals surface area contributed by atoms with E-state index in [0.717, 1.165) is 21.0 Å². The molecule has 27 heavy (non-hydrogen) atoms.